The molecule has 0 aliphatic heterocycles. The molecule has 3 heteroatoms. The highest BCUT2D eigenvalue weighted by Crippen LogP contribution is 2.12. The van der Waals surface area contributed by atoms with Gasteiger partial charge in [-0.3, -0.25) is 4.90 Å². The quantitative estimate of drug-likeness (QED) is 0.808. The molecule has 23 heavy (non-hydrogen) atoms. The number of benzene rings is 2. The molecule has 0 saturated heterocycles. The minimum absolute atomic E-state index is 0.707. The van der Waals surface area contributed by atoms with Crippen molar-refractivity contribution >= 4 is 0 Å². The van der Waals surface area contributed by atoms with Crippen LogP contribution in [0.25, 0.3) is 0 Å². The Kier molecular flexibility index (Phi) is 6.80. The van der Waals surface area contributed by atoms with Crippen molar-refractivity contribution in [3.05, 3.63) is 70.8 Å². The summed E-state index contributed by atoms with van der Waals surface area (Å²) in [5.74, 6) is 0. The van der Waals surface area contributed by atoms with Crippen LogP contribution in [0, 0.1) is 11.3 Å². The molecule has 0 fully saturated rings. The molecule has 0 saturated carbocycles. The Morgan fingerprint density at radius 1 is 0.913 bits per heavy atom. The highest BCUT2D eigenvalue weighted by Gasteiger charge is 2.06. The first-order valence-electron chi connectivity index (χ1n) is 8.25. The van der Waals surface area contributed by atoms with Gasteiger partial charge in [0.2, 0.25) is 0 Å². The molecule has 0 heterocycles. The van der Waals surface area contributed by atoms with E-state index in [4.69, 9.17) is 5.26 Å². The maximum absolute atomic E-state index is 8.83. The van der Waals surface area contributed by atoms with E-state index >= 15 is 0 Å². The van der Waals surface area contributed by atoms with E-state index in [0.29, 0.717) is 5.56 Å². The zero-order valence-corrected chi connectivity index (χ0v) is 14.0. The lowest BCUT2D eigenvalue weighted by molar-refractivity contribution is 0.294. The summed E-state index contributed by atoms with van der Waals surface area (Å²) in [6.07, 6.45) is 0. The first-order valence-corrected chi connectivity index (χ1v) is 8.25. The second-order valence-electron chi connectivity index (χ2n) is 5.64. The summed E-state index contributed by atoms with van der Waals surface area (Å²) >= 11 is 0. The Labute approximate surface area is 139 Å². The first kappa shape index (κ1) is 17.2. The van der Waals surface area contributed by atoms with Crippen LogP contribution in [0.4, 0.5) is 0 Å². The summed E-state index contributed by atoms with van der Waals surface area (Å²) in [4.78, 5) is 2.43. The fourth-order valence-electron chi connectivity index (χ4n) is 2.61. The second-order valence-corrected chi connectivity index (χ2v) is 5.64. The van der Waals surface area contributed by atoms with E-state index in [0.717, 1.165) is 32.7 Å². The lowest BCUT2D eigenvalue weighted by Crippen LogP contribution is -2.23. The van der Waals surface area contributed by atoms with E-state index < -0.39 is 0 Å². The SMILES string of the molecule is CCN(CC)Cc1ccccc1CNCc1ccc(C#N)cc1. The molecular weight excluding hydrogens is 282 g/mol. The van der Waals surface area contributed by atoms with Crippen molar-refractivity contribution in [2.45, 2.75) is 33.5 Å². The van der Waals surface area contributed by atoms with Crippen LogP contribution < -0.4 is 5.32 Å². The molecule has 2 aromatic carbocycles. The number of nitriles is 1. The average Bonchev–Trinajstić information content (AvgIpc) is 2.61. The van der Waals surface area contributed by atoms with E-state index in [9.17, 15) is 0 Å². The van der Waals surface area contributed by atoms with Gasteiger partial charge in [-0.25, -0.2) is 0 Å². The normalized spacial score (nSPS) is 10.7. The molecule has 0 atom stereocenters. The van der Waals surface area contributed by atoms with Gasteiger partial charge in [0.15, 0.2) is 0 Å². The van der Waals surface area contributed by atoms with Crippen molar-refractivity contribution in [2.75, 3.05) is 13.1 Å². The summed E-state index contributed by atoms with van der Waals surface area (Å²) in [6, 6.07) is 18.5. The number of rotatable bonds is 8. The van der Waals surface area contributed by atoms with Crippen molar-refractivity contribution in [2.24, 2.45) is 0 Å². The van der Waals surface area contributed by atoms with E-state index in [1.807, 2.05) is 24.3 Å². The Morgan fingerprint density at radius 3 is 2.17 bits per heavy atom. The summed E-state index contributed by atoms with van der Waals surface area (Å²) in [6.45, 7) is 9.22. The molecule has 0 unspecified atom stereocenters. The third-order valence-electron chi connectivity index (χ3n) is 4.13. The number of nitrogens with zero attached hydrogens (tertiary/aromatic N) is 2. The van der Waals surface area contributed by atoms with Crippen LogP contribution in [0.2, 0.25) is 0 Å². The molecule has 0 aliphatic rings. The Morgan fingerprint density at radius 2 is 1.57 bits per heavy atom. The van der Waals surface area contributed by atoms with Crippen molar-refractivity contribution < 1.29 is 0 Å². The van der Waals surface area contributed by atoms with Gasteiger partial charge in [-0.2, -0.15) is 5.26 Å². The van der Waals surface area contributed by atoms with Crippen molar-refractivity contribution in [3.63, 3.8) is 0 Å². The monoisotopic (exact) mass is 307 g/mol. The predicted molar refractivity (Wildman–Crippen MR) is 94.8 cm³/mol. The van der Waals surface area contributed by atoms with Gasteiger partial charge in [-0.1, -0.05) is 50.2 Å². The van der Waals surface area contributed by atoms with Crippen LogP contribution in [0.5, 0.6) is 0 Å². The van der Waals surface area contributed by atoms with Gasteiger partial charge < -0.3 is 5.32 Å². The Hall–Kier alpha value is -2.15. The average molecular weight is 307 g/mol. The summed E-state index contributed by atoms with van der Waals surface area (Å²) < 4.78 is 0. The van der Waals surface area contributed by atoms with Crippen LogP contribution in [-0.2, 0) is 19.6 Å². The van der Waals surface area contributed by atoms with E-state index in [1.54, 1.807) is 0 Å². The van der Waals surface area contributed by atoms with Gasteiger partial charge in [0.25, 0.3) is 0 Å². The predicted octanol–water partition coefficient (Wildman–Crippen LogP) is 3.69. The minimum atomic E-state index is 0.707. The lowest BCUT2D eigenvalue weighted by Gasteiger charge is -2.20. The van der Waals surface area contributed by atoms with Crippen LogP contribution in [0.15, 0.2) is 48.5 Å². The molecule has 2 aromatic rings. The summed E-state index contributed by atoms with van der Waals surface area (Å²) in [5.41, 5.74) is 4.65. The topological polar surface area (TPSA) is 39.1 Å². The van der Waals surface area contributed by atoms with Gasteiger partial charge >= 0.3 is 0 Å². The van der Waals surface area contributed by atoms with Gasteiger partial charge in [0, 0.05) is 19.6 Å². The molecule has 0 amide bonds. The molecule has 0 aliphatic carbocycles. The lowest BCUT2D eigenvalue weighted by atomic mass is 10.1. The number of nitrogens with one attached hydrogen (secondary N) is 1. The van der Waals surface area contributed by atoms with E-state index in [-0.39, 0.29) is 0 Å². The van der Waals surface area contributed by atoms with Crippen LogP contribution in [-0.4, -0.2) is 18.0 Å². The van der Waals surface area contributed by atoms with E-state index in [1.165, 1.54) is 16.7 Å². The molecule has 3 nitrogen and oxygen atoms in total. The van der Waals surface area contributed by atoms with Gasteiger partial charge in [0.05, 0.1) is 11.6 Å². The van der Waals surface area contributed by atoms with Gasteiger partial charge in [0.1, 0.15) is 0 Å². The maximum Gasteiger partial charge on any atom is 0.0991 e. The largest absolute Gasteiger partial charge is 0.309 e. The Balaban J connectivity index is 1.93. The zero-order valence-electron chi connectivity index (χ0n) is 14.0. The van der Waals surface area contributed by atoms with Gasteiger partial charge in [-0.15, -0.1) is 0 Å². The summed E-state index contributed by atoms with van der Waals surface area (Å²) in [7, 11) is 0. The summed E-state index contributed by atoms with van der Waals surface area (Å²) in [5, 5.41) is 12.3. The molecule has 0 aromatic heterocycles. The van der Waals surface area contributed by atoms with Crippen molar-refractivity contribution in [3.8, 4) is 6.07 Å². The minimum Gasteiger partial charge on any atom is -0.309 e. The molecule has 0 spiro atoms. The highest BCUT2D eigenvalue weighted by molar-refractivity contribution is 5.31. The third-order valence-corrected chi connectivity index (χ3v) is 4.13. The molecule has 0 bridgehead atoms. The molecule has 120 valence electrons. The maximum atomic E-state index is 8.83. The smallest absolute Gasteiger partial charge is 0.0991 e. The molecular formula is C20H25N3. The standard InChI is InChI=1S/C20H25N3/c1-3-23(4-2)16-20-8-6-5-7-19(20)15-22-14-18-11-9-17(13-21)10-12-18/h5-12,22H,3-4,14-16H2,1-2H3. The first-order chi connectivity index (χ1) is 11.3. The highest BCUT2D eigenvalue weighted by atomic mass is 15.1. The van der Waals surface area contributed by atoms with E-state index in [2.05, 4.69) is 54.4 Å². The van der Waals surface area contributed by atoms with Crippen LogP contribution in [0.3, 0.4) is 0 Å². The van der Waals surface area contributed by atoms with Crippen molar-refractivity contribution in [1.82, 2.24) is 10.2 Å². The Bertz CT molecular complexity index is 637. The van der Waals surface area contributed by atoms with Crippen molar-refractivity contribution in [1.29, 1.82) is 5.26 Å². The molecule has 0 radical (unpaired) electrons. The zero-order chi connectivity index (χ0) is 16.5. The second kappa shape index (κ2) is 9.09. The number of hydrogen-bond donors (Lipinski definition) is 1. The molecule has 1 N–H and O–H groups in total. The number of hydrogen-bond acceptors (Lipinski definition) is 3. The van der Waals surface area contributed by atoms with Gasteiger partial charge in [-0.05, 0) is 41.9 Å². The van der Waals surface area contributed by atoms with Crippen LogP contribution in [0.1, 0.15) is 36.1 Å². The fourth-order valence-corrected chi connectivity index (χ4v) is 2.61. The fraction of sp³-hybridized carbons (Fsp3) is 0.350. The van der Waals surface area contributed by atoms with Crippen LogP contribution >= 0.6 is 0 Å². The molecule has 2 rings (SSSR count). The third kappa shape index (κ3) is 5.21.